The number of aryl methyl sites for hydroxylation is 1. The lowest BCUT2D eigenvalue weighted by Gasteiger charge is -2.20. The molecule has 32 heavy (non-hydrogen) atoms. The van der Waals surface area contributed by atoms with Gasteiger partial charge in [-0.15, -0.1) is 0 Å². The van der Waals surface area contributed by atoms with E-state index < -0.39 is 5.60 Å². The van der Waals surface area contributed by atoms with Crippen LogP contribution < -0.4 is 4.74 Å². The normalized spacial score (nSPS) is 12.7. The molecule has 0 aliphatic heterocycles. The molecule has 0 saturated heterocycles. The predicted octanol–water partition coefficient (Wildman–Crippen LogP) is 5.73. The molecule has 0 bridgehead atoms. The van der Waals surface area contributed by atoms with Crippen LogP contribution in [0.4, 0.5) is 0 Å². The van der Waals surface area contributed by atoms with Gasteiger partial charge in [0.2, 0.25) is 11.6 Å². The van der Waals surface area contributed by atoms with Crippen molar-refractivity contribution < 1.29 is 23.4 Å². The highest BCUT2D eigenvalue weighted by molar-refractivity contribution is 9.10. The first-order valence-corrected chi connectivity index (χ1v) is 11.5. The van der Waals surface area contributed by atoms with Crippen LogP contribution in [0.25, 0.3) is 22.2 Å². The van der Waals surface area contributed by atoms with Crippen molar-refractivity contribution in [2.24, 2.45) is 0 Å². The molecular formula is C24H29BrN2O5. The first kappa shape index (κ1) is 24.2. The van der Waals surface area contributed by atoms with Crippen LogP contribution in [0.2, 0.25) is 0 Å². The quantitative estimate of drug-likeness (QED) is 0.344. The van der Waals surface area contributed by atoms with Gasteiger partial charge in [-0.25, -0.2) is 9.97 Å². The van der Waals surface area contributed by atoms with Crippen LogP contribution >= 0.6 is 15.9 Å². The lowest BCUT2D eigenvalue weighted by atomic mass is 10.0. The summed E-state index contributed by atoms with van der Waals surface area (Å²) in [7, 11) is 0. The summed E-state index contributed by atoms with van der Waals surface area (Å²) in [6.45, 7) is 10.0. The summed E-state index contributed by atoms with van der Waals surface area (Å²) in [5.74, 6) is 0.131. The summed E-state index contributed by atoms with van der Waals surface area (Å²) in [4.78, 5) is 20.4. The van der Waals surface area contributed by atoms with Gasteiger partial charge in [0.1, 0.15) is 23.9 Å². The number of carbonyl (C=O) groups is 1. The Hall–Kier alpha value is -2.45. The fraction of sp³-hybridized carbons (Fsp3) is 0.458. The number of rotatable bonds is 9. The number of ether oxygens (including phenoxy) is 3. The van der Waals surface area contributed by atoms with Gasteiger partial charge in [-0.1, -0.05) is 31.2 Å². The molecular weight excluding hydrogens is 476 g/mol. The van der Waals surface area contributed by atoms with Gasteiger partial charge in [-0.05, 0) is 61.2 Å². The van der Waals surface area contributed by atoms with E-state index in [0.717, 1.165) is 17.5 Å². The summed E-state index contributed by atoms with van der Waals surface area (Å²) in [6, 6.07) is 8.27. The van der Waals surface area contributed by atoms with Gasteiger partial charge in [0, 0.05) is 5.56 Å². The Morgan fingerprint density at radius 3 is 2.56 bits per heavy atom. The molecule has 0 aliphatic carbocycles. The Kier molecular flexibility index (Phi) is 7.90. The second-order valence-corrected chi connectivity index (χ2v) is 9.21. The third-order valence-corrected chi connectivity index (χ3v) is 5.20. The van der Waals surface area contributed by atoms with Crippen LogP contribution in [0.1, 0.15) is 46.6 Å². The molecule has 0 saturated carbocycles. The monoisotopic (exact) mass is 504 g/mol. The van der Waals surface area contributed by atoms with E-state index >= 15 is 0 Å². The Bertz CT molecular complexity index is 1060. The summed E-state index contributed by atoms with van der Waals surface area (Å²) < 4.78 is 23.3. The number of benzene rings is 1. The number of carbonyl (C=O) groups excluding carboxylic acids is 1. The topological polar surface area (TPSA) is 83.7 Å². The van der Waals surface area contributed by atoms with Gasteiger partial charge in [0.25, 0.3) is 0 Å². The Morgan fingerprint density at radius 1 is 1.19 bits per heavy atom. The smallest absolute Gasteiger partial charge is 0.308 e. The molecule has 1 atom stereocenters. The maximum Gasteiger partial charge on any atom is 0.308 e. The predicted molar refractivity (Wildman–Crippen MR) is 126 cm³/mol. The van der Waals surface area contributed by atoms with Crippen molar-refractivity contribution in [1.82, 2.24) is 9.97 Å². The van der Waals surface area contributed by atoms with Crippen molar-refractivity contribution in [3.63, 3.8) is 0 Å². The number of fused-ring (bicyclic) bond motifs is 1. The molecule has 0 spiro atoms. The zero-order valence-corrected chi connectivity index (χ0v) is 20.7. The van der Waals surface area contributed by atoms with E-state index in [9.17, 15) is 4.79 Å². The first-order chi connectivity index (χ1) is 15.2. The standard InChI is InChI=1S/C24H29BrN2O5/c1-6-16-7-9-17(10-8-16)19-20-22(26-14-27-23(20)31-21(19)25)30-13-15(2)29-12-11-18(28)32-24(3,4)5/h7-10,14-15H,6,11-13H2,1-5H3/t15-/m0/s1. The number of aromatic nitrogens is 2. The van der Waals surface area contributed by atoms with Crippen LogP contribution in [0, 0.1) is 0 Å². The van der Waals surface area contributed by atoms with Crippen molar-refractivity contribution >= 4 is 33.0 Å². The third kappa shape index (κ3) is 6.29. The minimum atomic E-state index is -0.502. The van der Waals surface area contributed by atoms with E-state index in [4.69, 9.17) is 18.6 Å². The number of nitrogens with zero attached hydrogens (tertiary/aromatic N) is 2. The zero-order valence-electron chi connectivity index (χ0n) is 19.1. The molecule has 0 fully saturated rings. The number of furan rings is 1. The lowest BCUT2D eigenvalue weighted by Crippen LogP contribution is -2.25. The Labute approximate surface area is 196 Å². The Morgan fingerprint density at radius 2 is 1.91 bits per heavy atom. The lowest BCUT2D eigenvalue weighted by molar-refractivity contribution is -0.156. The molecule has 0 aliphatic rings. The molecule has 3 aromatic rings. The van der Waals surface area contributed by atoms with E-state index in [0.29, 0.717) is 21.6 Å². The highest BCUT2D eigenvalue weighted by Gasteiger charge is 2.21. The van der Waals surface area contributed by atoms with Crippen LogP contribution in [0.3, 0.4) is 0 Å². The molecule has 0 unspecified atom stereocenters. The summed E-state index contributed by atoms with van der Waals surface area (Å²) >= 11 is 3.51. The molecule has 0 amide bonds. The highest BCUT2D eigenvalue weighted by Crippen LogP contribution is 2.41. The second-order valence-electron chi connectivity index (χ2n) is 8.49. The fourth-order valence-electron chi connectivity index (χ4n) is 3.13. The van der Waals surface area contributed by atoms with Crippen molar-refractivity contribution in [1.29, 1.82) is 0 Å². The molecule has 3 rings (SSSR count). The maximum absolute atomic E-state index is 11.8. The molecule has 172 valence electrons. The van der Waals surface area contributed by atoms with Gasteiger partial charge in [0.15, 0.2) is 4.67 Å². The second kappa shape index (κ2) is 10.4. The SMILES string of the molecule is CCc1ccc(-c2c(Br)oc3ncnc(OC[C@H](C)OCCC(=O)OC(C)(C)C)c23)cc1. The number of halogens is 1. The van der Waals surface area contributed by atoms with Crippen molar-refractivity contribution in [3.8, 4) is 17.0 Å². The van der Waals surface area contributed by atoms with Crippen LogP contribution in [0.15, 0.2) is 39.7 Å². The van der Waals surface area contributed by atoms with E-state index in [2.05, 4.69) is 45.0 Å². The van der Waals surface area contributed by atoms with Crippen molar-refractivity contribution in [2.45, 2.75) is 59.2 Å². The van der Waals surface area contributed by atoms with Crippen molar-refractivity contribution in [3.05, 3.63) is 40.8 Å². The molecule has 2 aromatic heterocycles. The van der Waals surface area contributed by atoms with Gasteiger partial charge >= 0.3 is 5.97 Å². The third-order valence-electron chi connectivity index (χ3n) is 4.64. The summed E-state index contributed by atoms with van der Waals surface area (Å²) in [5.41, 5.74) is 3.01. The van der Waals surface area contributed by atoms with Crippen molar-refractivity contribution in [2.75, 3.05) is 13.2 Å². The molecule has 0 N–H and O–H groups in total. The number of hydrogen-bond acceptors (Lipinski definition) is 7. The molecule has 7 nitrogen and oxygen atoms in total. The van der Waals surface area contributed by atoms with Gasteiger partial charge in [-0.3, -0.25) is 4.79 Å². The largest absolute Gasteiger partial charge is 0.474 e. The highest BCUT2D eigenvalue weighted by atomic mass is 79.9. The molecule has 1 aromatic carbocycles. The first-order valence-electron chi connectivity index (χ1n) is 10.7. The fourth-order valence-corrected chi connectivity index (χ4v) is 3.71. The van der Waals surface area contributed by atoms with E-state index in [1.165, 1.54) is 11.9 Å². The molecule has 0 radical (unpaired) electrons. The van der Waals surface area contributed by atoms with E-state index in [1.807, 2.05) is 39.8 Å². The zero-order chi connectivity index (χ0) is 23.3. The Balaban J connectivity index is 1.68. The minimum Gasteiger partial charge on any atom is -0.474 e. The van der Waals surface area contributed by atoms with Gasteiger partial charge < -0.3 is 18.6 Å². The summed E-state index contributed by atoms with van der Waals surface area (Å²) in [5, 5.41) is 0.699. The number of esters is 1. The van der Waals surface area contributed by atoms with Crippen LogP contribution in [0.5, 0.6) is 5.88 Å². The van der Waals surface area contributed by atoms with Crippen LogP contribution in [-0.4, -0.2) is 40.9 Å². The van der Waals surface area contributed by atoms with Gasteiger partial charge in [0.05, 0.1) is 19.1 Å². The maximum atomic E-state index is 11.8. The van der Waals surface area contributed by atoms with E-state index in [-0.39, 0.29) is 31.7 Å². The minimum absolute atomic E-state index is 0.186. The molecule has 2 heterocycles. The average Bonchev–Trinajstić information content (AvgIpc) is 3.07. The number of hydrogen-bond donors (Lipinski definition) is 0. The molecule has 8 heteroatoms. The average molecular weight is 505 g/mol. The summed E-state index contributed by atoms with van der Waals surface area (Å²) in [6.07, 6.45) is 2.32. The van der Waals surface area contributed by atoms with Gasteiger partial charge in [-0.2, -0.15) is 0 Å². The van der Waals surface area contributed by atoms with E-state index in [1.54, 1.807) is 0 Å². The van der Waals surface area contributed by atoms with Crippen LogP contribution in [-0.2, 0) is 20.7 Å².